The summed E-state index contributed by atoms with van der Waals surface area (Å²) in [6.45, 7) is 5.71. The molecule has 98 valence electrons. The largest absolute Gasteiger partial charge is 0.480 e. The lowest BCUT2D eigenvalue weighted by atomic mass is 9.96. The minimum absolute atomic E-state index is 0.0582. The summed E-state index contributed by atoms with van der Waals surface area (Å²) in [7, 11) is 0. The van der Waals surface area contributed by atoms with Crippen LogP contribution in [0.3, 0.4) is 0 Å². The van der Waals surface area contributed by atoms with E-state index in [1.807, 2.05) is 11.8 Å². The number of nitrogens with one attached hydrogen (secondary N) is 1. The van der Waals surface area contributed by atoms with E-state index >= 15 is 0 Å². The first-order valence-corrected chi connectivity index (χ1v) is 6.30. The number of aliphatic carboxylic acids is 1. The van der Waals surface area contributed by atoms with Gasteiger partial charge in [0.2, 0.25) is 5.91 Å². The lowest BCUT2D eigenvalue weighted by Gasteiger charge is -2.34. The number of hydrogen-bond acceptors (Lipinski definition) is 3. The van der Waals surface area contributed by atoms with Crippen molar-refractivity contribution in [1.82, 2.24) is 10.2 Å². The van der Waals surface area contributed by atoms with E-state index in [4.69, 9.17) is 5.11 Å². The van der Waals surface area contributed by atoms with Crippen LogP contribution >= 0.6 is 0 Å². The van der Waals surface area contributed by atoms with E-state index in [0.717, 1.165) is 25.8 Å². The second-order valence-electron chi connectivity index (χ2n) is 4.64. The third-order valence-corrected chi connectivity index (χ3v) is 3.28. The van der Waals surface area contributed by atoms with Crippen LogP contribution in [0.25, 0.3) is 0 Å². The maximum absolute atomic E-state index is 11.8. The average Bonchev–Trinajstić information content (AvgIpc) is 2.35. The Bertz CT molecular complexity index is 281. The first-order valence-electron chi connectivity index (χ1n) is 6.30. The molecule has 2 atom stereocenters. The highest BCUT2D eigenvalue weighted by Gasteiger charge is 2.30. The van der Waals surface area contributed by atoms with Crippen molar-refractivity contribution in [3.8, 4) is 0 Å². The van der Waals surface area contributed by atoms with Crippen molar-refractivity contribution in [2.45, 2.75) is 39.2 Å². The number of nitrogens with zero attached hydrogens (tertiary/aromatic N) is 1. The van der Waals surface area contributed by atoms with Gasteiger partial charge < -0.3 is 10.4 Å². The summed E-state index contributed by atoms with van der Waals surface area (Å²) in [5.41, 5.74) is 0. The van der Waals surface area contributed by atoms with Crippen molar-refractivity contribution in [2.24, 2.45) is 5.92 Å². The van der Waals surface area contributed by atoms with Gasteiger partial charge in [0.25, 0.3) is 0 Å². The molecule has 5 heteroatoms. The maximum atomic E-state index is 11.8. The summed E-state index contributed by atoms with van der Waals surface area (Å²) in [6, 6.07) is -0.503. The fourth-order valence-electron chi connectivity index (χ4n) is 2.12. The van der Waals surface area contributed by atoms with Crippen molar-refractivity contribution in [3.63, 3.8) is 0 Å². The molecule has 5 nitrogen and oxygen atoms in total. The second-order valence-corrected chi connectivity index (χ2v) is 4.64. The summed E-state index contributed by atoms with van der Waals surface area (Å²) in [4.78, 5) is 24.6. The highest BCUT2D eigenvalue weighted by atomic mass is 16.4. The molecule has 1 rings (SSSR count). The molecule has 1 amide bonds. The predicted octanol–water partition coefficient (Wildman–Crippen LogP) is 0.698. The van der Waals surface area contributed by atoms with Crippen molar-refractivity contribution in [3.05, 3.63) is 0 Å². The molecule has 1 aliphatic heterocycles. The number of carboxylic acids is 1. The van der Waals surface area contributed by atoms with Crippen LogP contribution in [-0.2, 0) is 9.59 Å². The minimum atomic E-state index is -0.820. The molecule has 17 heavy (non-hydrogen) atoms. The van der Waals surface area contributed by atoms with Crippen LogP contribution in [0.2, 0.25) is 0 Å². The zero-order valence-corrected chi connectivity index (χ0v) is 10.6. The van der Waals surface area contributed by atoms with Gasteiger partial charge in [-0.15, -0.1) is 0 Å². The monoisotopic (exact) mass is 242 g/mol. The van der Waals surface area contributed by atoms with Crippen LogP contribution < -0.4 is 5.32 Å². The van der Waals surface area contributed by atoms with Crippen LogP contribution in [-0.4, -0.2) is 47.6 Å². The van der Waals surface area contributed by atoms with Gasteiger partial charge in [0.1, 0.15) is 6.04 Å². The van der Waals surface area contributed by atoms with E-state index < -0.39 is 12.0 Å². The Balaban J connectivity index is 2.48. The molecule has 0 aromatic heterocycles. The molecular formula is C12H22N2O3. The van der Waals surface area contributed by atoms with E-state index in [-0.39, 0.29) is 11.8 Å². The molecule has 1 aliphatic rings. The van der Waals surface area contributed by atoms with Gasteiger partial charge in [-0.05, 0) is 32.7 Å². The predicted molar refractivity (Wildman–Crippen MR) is 64.7 cm³/mol. The number of carboxylic acid groups (broad SMARTS) is 1. The summed E-state index contributed by atoms with van der Waals surface area (Å²) in [5, 5.41) is 11.8. The van der Waals surface area contributed by atoms with Crippen LogP contribution in [0.1, 0.15) is 33.1 Å². The highest BCUT2D eigenvalue weighted by molar-refractivity contribution is 5.79. The van der Waals surface area contributed by atoms with Crippen LogP contribution in [0.5, 0.6) is 0 Å². The Hall–Kier alpha value is -1.10. The van der Waals surface area contributed by atoms with Gasteiger partial charge in [-0.1, -0.05) is 6.92 Å². The van der Waals surface area contributed by atoms with E-state index in [9.17, 15) is 9.59 Å². The van der Waals surface area contributed by atoms with Gasteiger partial charge in [-0.2, -0.15) is 0 Å². The van der Waals surface area contributed by atoms with Crippen LogP contribution in [0, 0.1) is 5.92 Å². The topological polar surface area (TPSA) is 69.6 Å². The van der Waals surface area contributed by atoms with Crippen molar-refractivity contribution in [1.29, 1.82) is 0 Å². The first-order chi connectivity index (χ1) is 8.06. The number of piperidine rings is 1. The Kier molecular flexibility index (Phi) is 5.41. The van der Waals surface area contributed by atoms with Gasteiger partial charge in [0.15, 0.2) is 0 Å². The summed E-state index contributed by atoms with van der Waals surface area (Å²) in [5.74, 6) is -0.814. The number of amides is 1. The zero-order valence-electron chi connectivity index (χ0n) is 10.6. The summed E-state index contributed by atoms with van der Waals surface area (Å²) >= 11 is 0. The third-order valence-electron chi connectivity index (χ3n) is 3.28. The number of rotatable bonds is 5. The molecule has 2 N–H and O–H groups in total. The summed E-state index contributed by atoms with van der Waals surface area (Å²) in [6.07, 6.45) is 2.67. The molecule has 1 heterocycles. The molecule has 0 bridgehead atoms. The molecule has 0 aromatic rings. The molecule has 0 aromatic carbocycles. The van der Waals surface area contributed by atoms with E-state index in [0.29, 0.717) is 13.1 Å². The Morgan fingerprint density at radius 1 is 1.53 bits per heavy atom. The molecular weight excluding hydrogens is 220 g/mol. The lowest BCUT2D eigenvalue weighted by Crippen LogP contribution is -2.48. The smallest absolute Gasteiger partial charge is 0.320 e. The number of hydrogen-bond donors (Lipinski definition) is 2. The number of likely N-dealkylation sites (tertiary alicyclic amines) is 1. The molecule has 1 fully saturated rings. The SMILES string of the molecule is CCCNC(=O)[C@H]1CCCN([C@H](C)C(=O)O)C1. The van der Waals surface area contributed by atoms with Gasteiger partial charge in [0, 0.05) is 13.1 Å². The van der Waals surface area contributed by atoms with Gasteiger partial charge >= 0.3 is 5.97 Å². The molecule has 0 spiro atoms. The zero-order chi connectivity index (χ0) is 12.8. The standard InChI is InChI=1S/C12H22N2O3/c1-3-6-13-11(15)10-5-4-7-14(8-10)9(2)12(16)17/h9-10H,3-8H2,1-2H3,(H,13,15)(H,16,17)/t9-,10+/m1/s1. The maximum Gasteiger partial charge on any atom is 0.320 e. The van der Waals surface area contributed by atoms with Gasteiger partial charge in [-0.25, -0.2) is 0 Å². The molecule has 0 radical (unpaired) electrons. The van der Waals surface area contributed by atoms with Crippen molar-refractivity contribution < 1.29 is 14.7 Å². The van der Waals surface area contributed by atoms with Crippen LogP contribution in [0.15, 0.2) is 0 Å². The van der Waals surface area contributed by atoms with Gasteiger partial charge in [0.05, 0.1) is 5.92 Å². The van der Waals surface area contributed by atoms with E-state index in [1.54, 1.807) is 6.92 Å². The van der Waals surface area contributed by atoms with Gasteiger partial charge in [-0.3, -0.25) is 14.5 Å². The Labute approximate surface area is 102 Å². The molecule has 1 saturated heterocycles. The molecule has 0 saturated carbocycles. The van der Waals surface area contributed by atoms with E-state index in [2.05, 4.69) is 5.32 Å². The van der Waals surface area contributed by atoms with Crippen molar-refractivity contribution >= 4 is 11.9 Å². The quantitative estimate of drug-likeness (QED) is 0.744. The lowest BCUT2D eigenvalue weighted by molar-refractivity contribution is -0.144. The Morgan fingerprint density at radius 2 is 2.24 bits per heavy atom. The highest BCUT2D eigenvalue weighted by Crippen LogP contribution is 2.18. The minimum Gasteiger partial charge on any atom is -0.480 e. The first kappa shape index (κ1) is 14.0. The molecule has 0 aliphatic carbocycles. The number of carbonyl (C=O) groups is 2. The second kappa shape index (κ2) is 6.59. The fraction of sp³-hybridized carbons (Fsp3) is 0.833. The van der Waals surface area contributed by atoms with Crippen LogP contribution in [0.4, 0.5) is 0 Å². The average molecular weight is 242 g/mol. The third kappa shape index (κ3) is 4.00. The number of carbonyl (C=O) groups excluding carboxylic acids is 1. The van der Waals surface area contributed by atoms with E-state index in [1.165, 1.54) is 0 Å². The van der Waals surface area contributed by atoms with Crippen molar-refractivity contribution in [2.75, 3.05) is 19.6 Å². The Morgan fingerprint density at radius 3 is 2.82 bits per heavy atom. The fourth-order valence-corrected chi connectivity index (χ4v) is 2.12. The normalized spacial score (nSPS) is 23.1. The molecule has 0 unspecified atom stereocenters. The summed E-state index contributed by atoms with van der Waals surface area (Å²) < 4.78 is 0.